The average molecular weight is 426 g/mol. The van der Waals surface area contributed by atoms with E-state index in [-0.39, 0.29) is 24.1 Å². The Bertz CT molecular complexity index is 1170. The van der Waals surface area contributed by atoms with Crippen LogP contribution in [0, 0.1) is 5.82 Å². The third-order valence-electron chi connectivity index (χ3n) is 5.11. The maximum Gasteiger partial charge on any atom is 0.293 e. The average Bonchev–Trinajstić information content (AvgIpc) is 3.13. The molecule has 1 fully saturated rings. The molecule has 152 valence electrons. The van der Waals surface area contributed by atoms with Crippen LogP contribution in [-0.2, 0) is 11.3 Å². The second-order valence-corrected chi connectivity index (χ2v) is 7.41. The third kappa shape index (κ3) is 3.28. The molecule has 0 bridgehead atoms. The lowest BCUT2D eigenvalue weighted by atomic mass is 10.00. The van der Waals surface area contributed by atoms with Gasteiger partial charge in [-0.3, -0.25) is 9.79 Å². The van der Waals surface area contributed by atoms with Gasteiger partial charge in [0.05, 0.1) is 31.2 Å². The van der Waals surface area contributed by atoms with E-state index in [0.717, 1.165) is 0 Å². The van der Waals surface area contributed by atoms with Crippen LogP contribution in [0.25, 0.3) is 5.69 Å². The van der Waals surface area contributed by atoms with Crippen molar-refractivity contribution >= 4 is 23.2 Å². The minimum atomic E-state index is -0.377. The molecule has 5 rings (SSSR count). The fourth-order valence-corrected chi connectivity index (χ4v) is 3.81. The number of halogens is 2. The zero-order chi connectivity index (χ0) is 20.7. The van der Waals surface area contributed by atoms with Gasteiger partial charge in [-0.05, 0) is 30.3 Å². The molecular formula is C21H17ClFN5O2. The van der Waals surface area contributed by atoms with Crippen molar-refractivity contribution in [2.75, 3.05) is 26.3 Å². The smallest absolute Gasteiger partial charge is 0.293 e. The molecule has 2 aliphatic heterocycles. The number of nitrogens with zero attached hydrogens (tertiary/aromatic N) is 5. The van der Waals surface area contributed by atoms with E-state index in [9.17, 15) is 9.18 Å². The molecule has 0 unspecified atom stereocenters. The van der Waals surface area contributed by atoms with E-state index in [2.05, 4.69) is 15.1 Å². The number of morpholine rings is 1. The van der Waals surface area contributed by atoms with Crippen molar-refractivity contribution in [1.29, 1.82) is 0 Å². The van der Waals surface area contributed by atoms with Crippen LogP contribution in [0.15, 0.2) is 47.5 Å². The van der Waals surface area contributed by atoms with Crippen LogP contribution >= 0.6 is 11.6 Å². The molecule has 0 atom stereocenters. The van der Waals surface area contributed by atoms with E-state index in [0.29, 0.717) is 59.7 Å². The molecule has 9 heteroatoms. The van der Waals surface area contributed by atoms with Crippen LogP contribution in [-0.4, -0.2) is 57.6 Å². The van der Waals surface area contributed by atoms with Crippen molar-refractivity contribution < 1.29 is 13.9 Å². The molecule has 2 aliphatic rings. The van der Waals surface area contributed by atoms with Crippen LogP contribution in [0.3, 0.4) is 0 Å². The van der Waals surface area contributed by atoms with Crippen LogP contribution in [0.5, 0.6) is 0 Å². The number of carbonyl (C=O) groups excluding carboxylic acids is 1. The van der Waals surface area contributed by atoms with Gasteiger partial charge in [0.2, 0.25) is 5.82 Å². The quantitative estimate of drug-likeness (QED) is 0.633. The Labute approximate surface area is 176 Å². The summed E-state index contributed by atoms with van der Waals surface area (Å²) in [5.41, 5.74) is 2.11. The summed E-state index contributed by atoms with van der Waals surface area (Å²) in [5, 5.41) is 4.96. The highest BCUT2D eigenvalue weighted by atomic mass is 35.5. The van der Waals surface area contributed by atoms with Gasteiger partial charge in [0.1, 0.15) is 5.82 Å². The van der Waals surface area contributed by atoms with Gasteiger partial charge in [-0.1, -0.05) is 23.7 Å². The number of benzene rings is 2. The first-order valence-corrected chi connectivity index (χ1v) is 9.92. The van der Waals surface area contributed by atoms with Gasteiger partial charge in [-0.2, -0.15) is 0 Å². The predicted molar refractivity (Wildman–Crippen MR) is 109 cm³/mol. The largest absolute Gasteiger partial charge is 0.378 e. The van der Waals surface area contributed by atoms with E-state index in [1.807, 2.05) is 0 Å². The molecule has 30 heavy (non-hydrogen) atoms. The fraction of sp³-hybridized carbons (Fsp3) is 0.238. The molecule has 0 N–H and O–H groups in total. The van der Waals surface area contributed by atoms with Crippen LogP contribution in [0.1, 0.15) is 27.6 Å². The highest BCUT2D eigenvalue weighted by Gasteiger charge is 2.27. The Morgan fingerprint density at radius 1 is 1.10 bits per heavy atom. The predicted octanol–water partition coefficient (Wildman–Crippen LogP) is 2.88. The summed E-state index contributed by atoms with van der Waals surface area (Å²) in [5.74, 6) is -0.00980. The summed E-state index contributed by atoms with van der Waals surface area (Å²) < 4.78 is 21.4. The maximum absolute atomic E-state index is 14.5. The standard InChI is InChI=1S/C21H17ClFN5O2/c22-13-5-6-17-15(11-13)19(14-3-1-2-4-16(14)23)24-12-18-25-20(26-28(17)18)21(29)27-7-9-30-10-8-27/h1-6,11H,7-10,12H2. The number of hydrogen-bond donors (Lipinski definition) is 0. The SMILES string of the molecule is O=C(c1nc2n(n1)-c1ccc(Cl)cc1C(c1ccccc1F)=NC2)N1CCOCC1. The van der Waals surface area contributed by atoms with E-state index < -0.39 is 0 Å². The summed E-state index contributed by atoms with van der Waals surface area (Å²) in [7, 11) is 0. The Balaban J connectivity index is 1.60. The summed E-state index contributed by atoms with van der Waals surface area (Å²) >= 11 is 6.24. The normalized spacial score (nSPS) is 15.8. The van der Waals surface area contributed by atoms with Gasteiger partial charge in [0.25, 0.3) is 5.91 Å². The van der Waals surface area contributed by atoms with Crippen LogP contribution in [0.2, 0.25) is 5.02 Å². The van der Waals surface area contributed by atoms with Crippen molar-refractivity contribution in [3.8, 4) is 5.69 Å². The molecule has 0 spiro atoms. The highest BCUT2D eigenvalue weighted by Crippen LogP contribution is 2.28. The minimum Gasteiger partial charge on any atom is -0.378 e. The minimum absolute atomic E-state index is 0.109. The number of hydrogen-bond acceptors (Lipinski definition) is 5. The summed E-state index contributed by atoms with van der Waals surface area (Å²) in [6, 6.07) is 11.7. The number of amides is 1. The Morgan fingerprint density at radius 2 is 1.90 bits per heavy atom. The van der Waals surface area contributed by atoms with E-state index >= 15 is 0 Å². The van der Waals surface area contributed by atoms with E-state index in [1.165, 1.54) is 6.07 Å². The van der Waals surface area contributed by atoms with E-state index in [1.54, 1.807) is 46.0 Å². The molecule has 0 radical (unpaired) electrons. The lowest BCUT2D eigenvalue weighted by Crippen LogP contribution is -2.41. The Kier molecular flexibility index (Phi) is 4.80. The first kappa shape index (κ1) is 18.9. The van der Waals surface area contributed by atoms with Gasteiger partial charge in [0, 0.05) is 29.2 Å². The van der Waals surface area contributed by atoms with Crippen LogP contribution < -0.4 is 0 Å². The highest BCUT2D eigenvalue weighted by molar-refractivity contribution is 6.31. The van der Waals surface area contributed by atoms with Gasteiger partial charge < -0.3 is 9.64 Å². The molecular weight excluding hydrogens is 409 g/mol. The van der Waals surface area contributed by atoms with Gasteiger partial charge in [-0.25, -0.2) is 14.1 Å². The first-order valence-electron chi connectivity index (χ1n) is 9.54. The van der Waals surface area contributed by atoms with Gasteiger partial charge in [0.15, 0.2) is 5.82 Å². The molecule has 2 aromatic carbocycles. The molecule has 1 aromatic heterocycles. The molecule has 0 aliphatic carbocycles. The van der Waals surface area contributed by atoms with Crippen molar-refractivity contribution in [3.05, 3.63) is 76.1 Å². The summed E-state index contributed by atoms with van der Waals surface area (Å²) in [6.07, 6.45) is 0. The van der Waals surface area contributed by atoms with Gasteiger partial charge in [-0.15, -0.1) is 5.10 Å². The molecule has 1 saturated heterocycles. The number of rotatable bonds is 2. The second-order valence-electron chi connectivity index (χ2n) is 6.97. The number of aliphatic imine (C=N–C) groups is 1. The topological polar surface area (TPSA) is 72.6 Å². The zero-order valence-electron chi connectivity index (χ0n) is 15.9. The fourth-order valence-electron chi connectivity index (χ4n) is 3.64. The molecule has 1 amide bonds. The monoisotopic (exact) mass is 425 g/mol. The van der Waals surface area contributed by atoms with Crippen molar-refractivity contribution in [1.82, 2.24) is 19.7 Å². The summed E-state index contributed by atoms with van der Waals surface area (Å²) in [6.45, 7) is 2.15. The first-order chi connectivity index (χ1) is 14.6. The number of fused-ring (bicyclic) bond motifs is 3. The van der Waals surface area contributed by atoms with Gasteiger partial charge >= 0.3 is 0 Å². The second kappa shape index (κ2) is 7.62. The Hall–Kier alpha value is -3.10. The lowest BCUT2D eigenvalue weighted by molar-refractivity contribution is 0.0295. The molecule has 0 saturated carbocycles. The number of carbonyl (C=O) groups is 1. The van der Waals surface area contributed by atoms with Crippen molar-refractivity contribution in [2.24, 2.45) is 4.99 Å². The van der Waals surface area contributed by atoms with Crippen molar-refractivity contribution in [2.45, 2.75) is 6.54 Å². The van der Waals surface area contributed by atoms with E-state index in [4.69, 9.17) is 16.3 Å². The summed E-state index contributed by atoms with van der Waals surface area (Å²) in [4.78, 5) is 23.6. The maximum atomic E-state index is 14.5. The number of aromatic nitrogens is 3. The number of ether oxygens (including phenoxy) is 1. The van der Waals surface area contributed by atoms with Crippen LogP contribution in [0.4, 0.5) is 4.39 Å². The lowest BCUT2D eigenvalue weighted by Gasteiger charge is -2.25. The molecule has 3 aromatic rings. The molecule has 7 nitrogen and oxygen atoms in total. The Morgan fingerprint density at radius 3 is 2.70 bits per heavy atom. The van der Waals surface area contributed by atoms with Crippen molar-refractivity contribution in [3.63, 3.8) is 0 Å². The molecule has 3 heterocycles. The zero-order valence-corrected chi connectivity index (χ0v) is 16.6. The third-order valence-corrected chi connectivity index (χ3v) is 5.35.